The molecule has 0 bridgehead atoms. The second-order valence-electron chi connectivity index (χ2n) is 7.70. The van der Waals surface area contributed by atoms with E-state index in [1.807, 2.05) is 55.4 Å². The van der Waals surface area contributed by atoms with Crippen molar-refractivity contribution in [2.75, 3.05) is 24.3 Å². The molecule has 1 aliphatic heterocycles. The van der Waals surface area contributed by atoms with Crippen molar-refractivity contribution >= 4 is 57.9 Å². The predicted octanol–water partition coefficient (Wildman–Crippen LogP) is 3.46. The number of nitrogens with one attached hydrogen (secondary N) is 2. The van der Waals surface area contributed by atoms with Crippen LogP contribution in [0.3, 0.4) is 0 Å². The van der Waals surface area contributed by atoms with Crippen LogP contribution >= 0.6 is 11.8 Å². The lowest BCUT2D eigenvalue weighted by Gasteiger charge is -2.21. The Hall–Kier alpha value is -3.92. The number of allylic oxidation sites excluding steroid dienone is 1. The number of amidine groups is 1. The van der Waals surface area contributed by atoms with Crippen molar-refractivity contribution in [2.45, 2.75) is 18.6 Å². The van der Waals surface area contributed by atoms with Crippen LogP contribution in [0.2, 0.25) is 0 Å². The molecule has 2 amide bonds. The predicted molar refractivity (Wildman–Crippen MR) is 137 cm³/mol. The Kier molecular flexibility index (Phi) is 8.20. The fraction of sp³-hybridized carbons (Fsp3) is 0.208. The molecule has 0 spiro atoms. The summed E-state index contributed by atoms with van der Waals surface area (Å²) in [4.78, 5) is 37.7. The number of nitrogens with zero attached hydrogens (tertiary/aromatic N) is 3. The van der Waals surface area contributed by atoms with Gasteiger partial charge in [-0.3, -0.25) is 9.59 Å². The minimum absolute atomic E-state index is 0.00568. The Balaban J connectivity index is 1.62. The summed E-state index contributed by atoms with van der Waals surface area (Å²) >= 11 is 1.11. The second-order valence-corrected chi connectivity index (χ2v) is 8.89. The highest BCUT2D eigenvalue weighted by molar-refractivity contribution is 8.15. The fourth-order valence-corrected chi connectivity index (χ4v) is 3.85. The highest BCUT2D eigenvalue weighted by Crippen LogP contribution is 2.23. The minimum atomic E-state index is -1.05. The molecule has 1 unspecified atom stereocenters. The lowest BCUT2D eigenvalue weighted by Crippen LogP contribution is -2.41. The number of rotatable bonds is 7. The Morgan fingerprint density at radius 2 is 1.82 bits per heavy atom. The molecule has 3 rings (SSSR count). The summed E-state index contributed by atoms with van der Waals surface area (Å²) in [5.74, 6) is -1.76. The Labute approximate surface area is 201 Å². The molecule has 3 N–H and O–H groups in total. The highest BCUT2D eigenvalue weighted by atomic mass is 32.2. The van der Waals surface area contributed by atoms with Crippen LogP contribution in [-0.2, 0) is 9.59 Å². The molecule has 176 valence electrons. The molecular formula is C24H25N5O4S. The average molecular weight is 480 g/mol. The summed E-state index contributed by atoms with van der Waals surface area (Å²) < 4.78 is 0. The smallest absolute Gasteiger partial charge is 0.335 e. The van der Waals surface area contributed by atoms with Crippen molar-refractivity contribution in [1.29, 1.82) is 0 Å². The molecule has 1 saturated heterocycles. The number of amides is 2. The molecule has 34 heavy (non-hydrogen) atoms. The molecule has 1 heterocycles. The molecule has 2 aromatic carbocycles. The molecule has 0 saturated carbocycles. The standard InChI is InChI=1S/C24H25N5O4S/c1-15(4-5-16-6-12-19(13-7-16)29(2)3)27-28-24-26-21(30)14-20(34-24)22(31)25-18-10-8-17(9-11-18)23(32)33/h4-13,20H,14H2,1-3H3,(H,25,31)(H,32,33)(H,26,28,30). The van der Waals surface area contributed by atoms with E-state index in [9.17, 15) is 14.4 Å². The van der Waals surface area contributed by atoms with E-state index >= 15 is 0 Å². The van der Waals surface area contributed by atoms with E-state index in [4.69, 9.17) is 5.11 Å². The summed E-state index contributed by atoms with van der Waals surface area (Å²) in [5.41, 5.74) is 3.31. The third kappa shape index (κ3) is 7.04. The van der Waals surface area contributed by atoms with E-state index in [1.165, 1.54) is 24.3 Å². The van der Waals surface area contributed by atoms with Gasteiger partial charge in [0.1, 0.15) is 5.25 Å². The molecule has 0 aromatic heterocycles. The van der Waals surface area contributed by atoms with Gasteiger partial charge in [-0.25, -0.2) is 4.79 Å². The van der Waals surface area contributed by atoms with Crippen LogP contribution in [0.25, 0.3) is 6.08 Å². The lowest BCUT2D eigenvalue weighted by atomic mass is 10.2. The number of benzene rings is 2. The summed E-state index contributed by atoms with van der Waals surface area (Å²) in [5, 5.41) is 22.1. The van der Waals surface area contributed by atoms with E-state index in [-0.39, 0.29) is 29.0 Å². The van der Waals surface area contributed by atoms with Crippen molar-refractivity contribution < 1.29 is 19.5 Å². The van der Waals surface area contributed by atoms with Gasteiger partial charge in [0, 0.05) is 31.9 Å². The molecular weight excluding hydrogens is 454 g/mol. The first kappa shape index (κ1) is 24.7. The van der Waals surface area contributed by atoms with Crippen LogP contribution < -0.4 is 15.5 Å². The van der Waals surface area contributed by atoms with E-state index in [0.29, 0.717) is 11.4 Å². The zero-order chi connectivity index (χ0) is 24.7. The summed E-state index contributed by atoms with van der Waals surface area (Å²) in [6, 6.07) is 13.8. The van der Waals surface area contributed by atoms with Gasteiger partial charge < -0.3 is 20.6 Å². The van der Waals surface area contributed by atoms with Gasteiger partial charge in [-0.15, -0.1) is 5.10 Å². The maximum Gasteiger partial charge on any atom is 0.335 e. The second kappa shape index (κ2) is 11.3. The fourth-order valence-electron chi connectivity index (χ4n) is 2.92. The van der Waals surface area contributed by atoms with Crippen LogP contribution in [-0.4, -0.2) is 53.1 Å². The summed E-state index contributed by atoms with van der Waals surface area (Å²) in [7, 11) is 3.96. The van der Waals surface area contributed by atoms with Crippen molar-refractivity contribution in [3.8, 4) is 0 Å². The van der Waals surface area contributed by atoms with Gasteiger partial charge in [0.15, 0.2) is 5.17 Å². The van der Waals surface area contributed by atoms with Crippen LogP contribution in [0.5, 0.6) is 0 Å². The molecule has 10 heteroatoms. The number of thioether (sulfide) groups is 1. The van der Waals surface area contributed by atoms with Crippen molar-refractivity contribution in [1.82, 2.24) is 5.32 Å². The average Bonchev–Trinajstić information content (AvgIpc) is 2.81. The molecule has 0 aliphatic carbocycles. The highest BCUT2D eigenvalue weighted by Gasteiger charge is 2.30. The van der Waals surface area contributed by atoms with Gasteiger partial charge in [0.05, 0.1) is 11.3 Å². The van der Waals surface area contributed by atoms with Gasteiger partial charge in [0.25, 0.3) is 0 Å². The monoisotopic (exact) mass is 479 g/mol. The van der Waals surface area contributed by atoms with Crippen molar-refractivity contribution in [3.05, 3.63) is 65.7 Å². The number of carbonyl (C=O) groups excluding carboxylic acids is 2. The topological polar surface area (TPSA) is 123 Å². The van der Waals surface area contributed by atoms with Gasteiger partial charge in [-0.1, -0.05) is 30.0 Å². The Bertz CT molecular complexity index is 1150. The first-order valence-electron chi connectivity index (χ1n) is 10.4. The number of hydrogen-bond acceptors (Lipinski definition) is 7. The first-order chi connectivity index (χ1) is 16.2. The van der Waals surface area contributed by atoms with Crippen LogP contribution in [0.4, 0.5) is 11.4 Å². The first-order valence-corrected chi connectivity index (χ1v) is 11.3. The van der Waals surface area contributed by atoms with E-state index in [2.05, 4.69) is 20.8 Å². The molecule has 0 radical (unpaired) electrons. The zero-order valence-corrected chi connectivity index (χ0v) is 19.8. The largest absolute Gasteiger partial charge is 0.478 e. The maximum atomic E-state index is 12.6. The zero-order valence-electron chi connectivity index (χ0n) is 19.0. The van der Waals surface area contributed by atoms with E-state index < -0.39 is 11.2 Å². The molecule has 1 fully saturated rings. The maximum absolute atomic E-state index is 12.6. The summed E-state index contributed by atoms with van der Waals surface area (Å²) in [6.45, 7) is 1.79. The van der Waals surface area contributed by atoms with Gasteiger partial charge >= 0.3 is 5.97 Å². The third-order valence-electron chi connectivity index (χ3n) is 4.79. The van der Waals surface area contributed by atoms with Crippen LogP contribution in [0, 0.1) is 0 Å². The van der Waals surface area contributed by atoms with E-state index in [0.717, 1.165) is 23.0 Å². The van der Waals surface area contributed by atoms with Gasteiger partial charge in [-0.05, 0) is 55.0 Å². The molecule has 2 aromatic rings. The van der Waals surface area contributed by atoms with Gasteiger partial charge in [0.2, 0.25) is 11.8 Å². The quantitative estimate of drug-likeness (QED) is 0.413. The Morgan fingerprint density at radius 3 is 2.44 bits per heavy atom. The van der Waals surface area contributed by atoms with Crippen molar-refractivity contribution in [3.63, 3.8) is 0 Å². The van der Waals surface area contributed by atoms with Crippen molar-refractivity contribution in [2.24, 2.45) is 10.2 Å². The number of carboxylic acids is 1. The third-order valence-corrected chi connectivity index (χ3v) is 5.86. The SMILES string of the molecule is CC(C=Cc1ccc(N(C)C)cc1)=NN=C1NC(=O)CC(C(=O)Nc2ccc(C(=O)O)cc2)S1. The number of carbonyl (C=O) groups is 3. The van der Waals surface area contributed by atoms with E-state index in [1.54, 1.807) is 6.92 Å². The van der Waals surface area contributed by atoms with Crippen LogP contribution in [0.15, 0.2) is 64.8 Å². The number of carboxylic acid groups (broad SMARTS) is 1. The van der Waals surface area contributed by atoms with Gasteiger partial charge in [-0.2, -0.15) is 5.10 Å². The Morgan fingerprint density at radius 1 is 1.15 bits per heavy atom. The number of hydrogen-bond donors (Lipinski definition) is 3. The van der Waals surface area contributed by atoms with Crippen LogP contribution in [0.1, 0.15) is 29.3 Å². The number of anilines is 2. The minimum Gasteiger partial charge on any atom is -0.478 e. The summed E-state index contributed by atoms with van der Waals surface area (Å²) in [6.07, 6.45) is 3.72. The molecule has 1 atom stereocenters. The lowest BCUT2D eigenvalue weighted by molar-refractivity contribution is -0.123. The molecule has 1 aliphatic rings. The molecule has 9 nitrogen and oxygen atoms in total. The normalized spacial score (nSPS) is 17.5. The number of aromatic carboxylic acids is 1.